The summed E-state index contributed by atoms with van der Waals surface area (Å²) in [5.41, 5.74) is 0.781. The van der Waals surface area contributed by atoms with Gasteiger partial charge in [-0.1, -0.05) is 12.1 Å². The van der Waals surface area contributed by atoms with Crippen LogP contribution in [0.5, 0.6) is 0 Å². The second-order valence-electron chi connectivity index (χ2n) is 4.01. The summed E-state index contributed by atoms with van der Waals surface area (Å²) in [7, 11) is 0. The minimum absolute atomic E-state index is 0.0318. The van der Waals surface area contributed by atoms with Crippen molar-refractivity contribution in [2.24, 2.45) is 0 Å². The van der Waals surface area contributed by atoms with Crippen molar-refractivity contribution in [3.63, 3.8) is 0 Å². The van der Waals surface area contributed by atoms with Crippen LogP contribution in [0.25, 0.3) is 0 Å². The number of rotatable bonds is 4. The number of hydrogen-bond donors (Lipinski definition) is 2. The van der Waals surface area contributed by atoms with Gasteiger partial charge in [0.1, 0.15) is 11.6 Å². The lowest BCUT2D eigenvalue weighted by atomic mass is 10.3. The molecule has 0 bridgehead atoms. The third kappa shape index (κ3) is 3.89. The third-order valence-electron chi connectivity index (χ3n) is 2.52. The molecule has 104 valence electrons. The summed E-state index contributed by atoms with van der Waals surface area (Å²) in [5.74, 6) is -1.21. The van der Waals surface area contributed by atoms with Crippen LogP contribution in [0.3, 0.4) is 0 Å². The van der Waals surface area contributed by atoms with Crippen LogP contribution >= 0.6 is 22.6 Å². The maximum Gasteiger partial charge on any atom is 0.243 e. The van der Waals surface area contributed by atoms with Gasteiger partial charge in [-0.25, -0.2) is 8.78 Å². The number of carbonyl (C=O) groups is 1. The predicted molar refractivity (Wildman–Crippen MR) is 82.6 cm³/mol. The first-order valence-corrected chi connectivity index (χ1v) is 6.87. The van der Waals surface area contributed by atoms with Crippen LogP contribution in [0.4, 0.5) is 20.2 Å². The van der Waals surface area contributed by atoms with E-state index in [4.69, 9.17) is 0 Å². The molecular weight excluding hydrogens is 377 g/mol. The highest BCUT2D eigenvalue weighted by atomic mass is 127. The monoisotopic (exact) mass is 388 g/mol. The molecule has 0 saturated heterocycles. The first-order valence-electron chi connectivity index (χ1n) is 5.79. The van der Waals surface area contributed by atoms with Crippen molar-refractivity contribution in [3.8, 4) is 0 Å². The molecule has 3 nitrogen and oxygen atoms in total. The Morgan fingerprint density at radius 2 is 1.85 bits per heavy atom. The lowest BCUT2D eigenvalue weighted by molar-refractivity contribution is -0.114. The van der Waals surface area contributed by atoms with E-state index in [1.54, 1.807) is 18.2 Å². The van der Waals surface area contributed by atoms with E-state index in [2.05, 4.69) is 10.6 Å². The van der Waals surface area contributed by atoms with Crippen molar-refractivity contribution in [1.29, 1.82) is 0 Å². The number of carbonyl (C=O) groups excluding carboxylic acids is 1. The topological polar surface area (TPSA) is 41.1 Å². The largest absolute Gasteiger partial charge is 0.375 e. The molecule has 0 aliphatic rings. The Kier molecular flexibility index (Phi) is 4.89. The Balaban J connectivity index is 1.94. The van der Waals surface area contributed by atoms with E-state index in [1.165, 1.54) is 24.3 Å². The Labute approximate surface area is 128 Å². The first kappa shape index (κ1) is 14.7. The van der Waals surface area contributed by atoms with E-state index < -0.39 is 5.82 Å². The fraction of sp³-hybridized carbons (Fsp3) is 0.0714. The minimum atomic E-state index is -0.489. The molecule has 0 aliphatic carbocycles. The van der Waals surface area contributed by atoms with Gasteiger partial charge in [0.15, 0.2) is 0 Å². The van der Waals surface area contributed by atoms with E-state index in [0.717, 1.165) is 0 Å². The van der Waals surface area contributed by atoms with Gasteiger partial charge in [-0.05, 0) is 52.9 Å². The van der Waals surface area contributed by atoms with Crippen LogP contribution in [-0.2, 0) is 4.79 Å². The van der Waals surface area contributed by atoms with Gasteiger partial charge >= 0.3 is 0 Å². The number of benzene rings is 2. The van der Waals surface area contributed by atoms with Crippen LogP contribution in [0.2, 0.25) is 0 Å². The average molecular weight is 388 g/mol. The van der Waals surface area contributed by atoms with Crippen LogP contribution < -0.4 is 10.6 Å². The number of amides is 1. The second kappa shape index (κ2) is 6.65. The molecule has 2 aromatic rings. The standard InChI is InChI=1S/C14H11F2IN2O/c15-9-5-6-13(11(17)7-9)18-8-14(20)19-12-4-2-1-3-10(12)16/h1-7,18H,8H2,(H,19,20). The van der Waals surface area contributed by atoms with Gasteiger partial charge in [0.25, 0.3) is 0 Å². The van der Waals surface area contributed by atoms with E-state index in [-0.39, 0.29) is 24.0 Å². The molecule has 1 amide bonds. The van der Waals surface area contributed by atoms with Crippen LogP contribution in [0.15, 0.2) is 42.5 Å². The number of halogens is 3. The number of anilines is 2. The molecule has 6 heteroatoms. The van der Waals surface area contributed by atoms with Gasteiger partial charge in [0.2, 0.25) is 5.91 Å². The van der Waals surface area contributed by atoms with Gasteiger partial charge < -0.3 is 10.6 Å². The van der Waals surface area contributed by atoms with Crippen LogP contribution in [-0.4, -0.2) is 12.5 Å². The molecule has 0 spiro atoms. The quantitative estimate of drug-likeness (QED) is 0.786. The molecule has 0 aromatic heterocycles. The molecule has 20 heavy (non-hydrogen) atoms. The molecule has 0 radical (unpaired) electrons. The zero-order valence-corrected chi connectivity index (χ0v) is 12.4. The SMILES string of the molecule is O=C(CNc1ccc(F)cc1I)Nc1ccccc1F. The van der Waals surface area contributed by atoms with E-state index >= 15 is 0 Å². The smallest absolute Gasteiger partial charge is 0.243 e. The number of hydrogen-bond acceptors (Lipinski definition) is 2. The third-order valence-corrected chi connectivity index (χ3v) is 3.41. The number of nitrogens with one attached hydrogen (secondary N) is 2. The van der Waals surface area contributed by atoms with Gasteiger partial charge in [0.05, 0.1) is 12.2 Å². The normalized spacial score (nSPS) is 10.2. The van der Waals surface area contributed by atoms with Crippen molar-refractivity contribution in [2.75, 3.05) is 17.2 Å². The Morgan fingerprint density at radius 1 is 1.10 bits per heavy atom. The molecule has 0 unspecified atom stereocenters. The summed E-state index contributed by atoms with van der Waals surface area (Å²) in [5, 5.41) is 5.33. The fourth-order valence-electron chi connectivity index (χ4n) is 1.57. The predicted octanol–water partition coefficient (Wildman–Crippen LogP) is 3.62. The fourth-order valence-corrected chi connectivity index (χ4v) is 2.23. The van der Waals surface area contributed by atoms with Crippen molar-refractivity contribution < 1.29 is 13.6 Å². The summed E-state index contributed by atoms with van der Waals surface area (Å²) < 4.78 is 26.9. The molecular formula is C14H11F2IN2O. The van der Waals surface area contributed by atoms with Crippen molar-refractivity contribution in [3.05, 3.63) is 57.7 Å². The highest BCUT2D eigenvalue weighted by molar-refractivity contribution is 14.1. The molecule has 2 N–H and O–H groups in total. The van der Waals surface area contributed by atoms with Gasteiger partial charge in [0, 0.05) is 9.26 Å². The lowest BCUT2D eigenvalue weighted by Crippen LogP contribution is -2.22. The van der Waals surface area contributed by atoms with Gasteiger partial charge in [-0.15, -0.1) is 0 Å². The second-order valence-corrected chi connectivity index (χ2v) is 5.17. The molecule has 0 saturated carbocycles. The lowest BCUT2D eigenvalue weighted by Gasteiger charge is -2.09. The Bertz CT molecular complexity index is 634. The summed E-state index contributed by atoms with van der Waals surface area (Å²) >= 11 is 1.97. The number of para-hydroxylation sites is 1. The molecule has 0 aliphatic heterocycles. The molecule has 0 fully saturated rings. The Morgan fingerprint density at radius 3 is 2.55 bits per heavy atom. The maximum atomic E-state index is 13.3. The Hall–Kier alpha value is -1.70. The minimum Gasteiger partial charge on any atom is -0.375 e. The maximum absolute atomic E-state index is 13.3. The molecule has 0 atom stereocenters. The molecule has 0 heterocycles. The zero-order chi connectivity index (χ0) is 14.5. The summed E-state index contributed by atoms with van der Waals surface area (Å²) in [6, 6.07) is 10.1. The summed E-state index contributed by atoms with van der Waals surface area (Å²) in [6.07, 6.45) is 0. The zero-order valence-electron chi connectivity index (χ0n) is 10.3. The van der Waals surface area contributed by atoms with Crippen LogP contribution in [0.1, 0.15) is 0 Å². The van der Waals surface area contributed by atoms with Gasteiger partial charge in [-0.2, -0.15) is 0 Å². The summed E-state index contributed by atoms with van der Waals surface area (Å²) in [4.78, 5) is 11.7. The highest BCUT2D eigenvalue weighted by Gasteiger charge is 2.07. The summed E-state index contributed by atoms with van der Waals surface area (Å²) in [6.45, 7) is -0.0318. The van der Waals surface area contributed by atoms with Crippen molar-refractivity contribution in [2.45, 2.75) is 0 Å². The van der Waals surface area contributed by atoms with E-state index in [0.29, 0.717) is 9.26 Å². The average Bonchev–Trinajstić information content (AvgIpc) is 2.40. The molecule has 2 aromatic carbocycles. The highest BCUT2D eigenvalue weighted by Crippen LogP contribution is 2.19. The van der Waals surface area contributed by atoms with E-state index in [1.807, 2.05) is 22.6 Å². The van der Waals surface area contributed by atoms with Crippen molar-refractivity contribution in [1.82, 2.24) is 0 Å². The molecule has 2 rings (SSSR count). The van der Waals surface area contributed by atoms with Crippen molar-refractivity contribution >= 4 is 39.9 Å². The van der Waals surface area contributed by atoms with E-state index in [9.17, 15) is 13.6 Å². The van der Waals surface area contributed by atoms with Gasteiger partial charge in [-0.3, -0.25) is 4.79 Å². The van der Waals surface area contributed by atoms with Crippen LogP contribution in [0, 0.1) is 15.2 Å². The first-order chi connectivity index (χ1) is 9.56.